The lowest BCUT2D eigenvalue weighted by Crippen LogP contribution is -2.00. The van der Waals surface area contributed by atoms with Crippen molar-refractivity contribution in [3.8, 4) is 17.0 Å². The zero-order valence-electron chi connectivity index (χ0n) is 9.48. The lowest BCUT2D eigenvalue weighted by Gasteiger charge is -2.11. The van der Waals surface area contributed by atoms with Crippen LogP contribution in [0.25, 0.3) is 11.3 Å². The molecule has 2 aromatic rings. The Hall–Kier alpha value is -1.58. The van der Waals surface area contributed by atoms with Crippen molar-refractivity contribution < 1.29 is 4.74 Å². The summed E-state index contributed by atoms with van der Waals surface area (Å²) >= 11 is 6.01. The third-order valence-corrected chi connectivity index (χ3v) is 2.77. The predicted octanol–water partition coefficient (Wildman–Crippen LogP) is 2.87. The Labute approximate surface area is 105 Å². The van der Waals surface area contributed by atoms with Gasteiger partial charge >= 0.3 is 0 Å². The minimum absolute atomic E-state index is 0.437. The van der Waals surface area contributed by atoms with Gasteiger partial charge in [0.2, 0.25) is 0 Å². The zero-order valence-corrected chi connectivity index (χ0v) is 10.2. The molecule has 0 bridgehead atoms. The first-order valence-corrected chi connectivity index (χ1v) is 5.62. The van der Waals surface area contributed by atoms with E-state index in [-0.39, 0.29) is 0 Å². The minimum Gasteiger partial charge on any atom is -0.494 e. The number of aromatic nitrogens is 1. The second-order valence-corrected chi connectivity index (χ2v) is 4.00. The highest BCUT2D eigenvalue weighted by Gasteiger charge is 2.11. The molecule has 1 aromatic carbocycles. The average Bonchev–Trinajstić information content (AvgIpc) is 2.38. The van der Waals surface area contributed by atoms with E-state index in [1.165, 1.54) is 0 Å². The first kappa shape index (κ1) is 11.9. The molecule has 2 N–H and O–H groups in total. The van der Waals surface area contributed by atoms with Crippen molar-refractivity contribution in [3.63, 3.8) is 0 Å². The molecule has 1 aromatic heterocycles. The van der Waals surface area contributed by atoms with Crippen LogP contribution in [0.4, 0.5) is 0 Å². The monoisotopic (exact) mass is 248 g/mol. The highest BCUT2D eigenvalue weighted by molar-refractivity contribution is 6.30. The number of hydrogen-bond donors (Lipinski definition) is 1. The summed E-state index contributed by atoms with van der Waals surface area (Å²) in [5.74, 6) is 0.712. The van der Waals surface area contributed by atoms with E-state index in [4.69, 9.17) is 22.1 Å². The molecule has 0 saturated carbocycles. The van der Waals surface area contributed by atoms with Crippen molar-refractivity contribution in [1.82, 2.24) is 4.98 Å². The van der Waals surface area contributed by atoms with Crippen LogP contribution in [0.15, 0.2) is 36.5 Å². The number of nitrogens with two attached hydrogens (primary N) is 1. The van der Waals surface area contributed by atoms with Gasteiger partial charge in [-0.05, 0) is 29.8 Å². The van der Waals surface area contributed by atoms with E-state index < -0.39 is 0 Å². The van der Waals surface area contributed by atoms with Crippen molar-refractivity contribution in [1.29, 1.82) is 0 Å². The Kier molecular flexibility index (Phi) is 3.61. The van der Waals surface area contributed by atoms with Crippen LogP contribution in [0, 0.1) is 0 Å². The topological polar surface area (TPSA) is 48.1 Å². The molecule has 17 heavy (non-hydrogen) atoms. The van der Waals surface area contributed by atoms with Gasteiger partial charge in [-0.3, -0.25) is 4.98 Å². The zero-order chi connectivity index (χ0) is 12.3. The van der Waals surface area contributed by atoms with E-state index in [0.717, 1.165) is 16.8 Å². The van der Waals surface area contributed by atoms with Crippen molar-refractivity contribution in [2.45, 2.75) is 6.54 Å². The number of nitrogens with zero attached hydrogens (tertiary/aromatic N) is 1. The normalized spacial score (nSPS) is 10.3. The fourth-order valence-electron chi connectivity index (χ4n) is 1.70. The molecule has 88 valence electrons. The number of benzene rings is 1. The standard InChI is InChI=1S/C13H13ClN2O/c1-17-12-3-2-6-16-13(12)11-7-10(14)5-4-9(11)8-15/h2-7H,8,15H2,1H3. The minimum atomic E-state index is 0.437. The van der Waals surface area contributed by atoms with Gasteiger partial charge in [0, 0.05) is 23.3 Å². The molecule has 1 heterocycles. The van der Waals surface area contributed by atoms with Crippen LogP contribution in [0.5, 0.6) is 5.75 Å². The van der Waals surface area contributed by atoms with E-state index in [1.54, 1.807) is 13.3 Å². The van der Waals surface area contributed by atoms with Gasteiger partial charge in [0.15, 0.2) is 0 Å². The Balaban J connectivity index is 2.62. The maximum Gasteiger partial charge on any atom is 0.145 e. The van der Waals surface area contributed by atoms with Crippen molar-refractivity contribution in [3.05, 3.63) is 47.1 Å². The predicted molar refractivity (Wildman–Crippen MR) is 69.1 cm³/mol. The number of methoxy groups -OCH3 is 1. The smallest absolute Gasteiger partial charge is 0.145 e. The summed E-state index contributed by atoms with van der Waals surface area (Å²) in [6.07, 6.45) is 1.72. The van der Waals surface area contributed by atoms with Gasteiger partial charge in [0.25, 0.3) is 0 Å². The highest BCUT2D eigenvalue weighted by atomic mass is 35.5. The van der Waals surface area contributed by atoms with Gasteiger partial charge in [-0.2, -0.15) is 0 Å². The first-order chi connectivity index (χ1) is 8.26. The number of ether oxygens (including phenoxy) is 1. The van der Waals surface area contributed by atoms with E-state index in [2.05, 4.69) is 4.98 Å². The average molecular weight is 249 g/mol. The maximum atomic E-state index is 6.01. The third kappa shape index (κ3) is 2.40. The van der Waals surface area contributed by atoms with E-state index >= 15 is 0 Å². The van der Waals surface area contributed by atoms with Crippen molar-refractivity contribution in [2.24, 2.45) is 5.73 Å². The molecule has 0 unspecified atom stereocenters. The van der Waals surface area contributed by atoms with Crippen LogP contribution in [0.3, 0.4) is 0 Å². The van der Waals surface area contributed by atoms with Gasteiger partial charge in [0.1, 0.15) is 11.4 Å². The number of hydrogen-bond acceptors (Lipinski definition) is 3. The van der Waals surface area contributed by atoms with Crippen molar-refractivity contribution in [2.75, 3.05) is 7.11 Å². The summed E-state index contributed by atoms with van der Waals surface area (Å²) in [5, 5.41) is 0.657. The van der Waals surface area contributed by atoms with Crippen LogP contribution in [-0.2, 0) is 6.54 Å². The van der Waals surface area contributed by atoms with Crippen molar-refractivity contribution >= 4 is 11.6 Å². The van der Waals surface area contributed by atoms with E-state index in [1.807, 2.05) is 30.3 Å². The molecule has 0 fully saturated rings. The second kappa shape index (κ2) is 5.17. The summed E-state index contributed by atoms with van der Waals surface area (Å²) in [4.78, 5) is 4.33. The maximum absolute atomic E-state index is 6.01. The highest BCUT2D eigenvalue weighted by Crippen LogP contribution is 2.31. The SMILES string of the molecule is COc1cccnc1-c1cc(Cl)ccc1CN. The number of pyridine rings is 1. The van der Waals surface area contributed by atoms with Crippen LogP contribution >= 0.6 is 11.6 Å². The molecule has 0 radical (unpaired) electrons. The third-order valence-electron chi connectivity index (χ3n) is 2.54. The Bertz CT molecular complexity index is 529. The molecule has 4 heteroatoms. The van der Waals surface area contributed by atoms with E-state index in [0.29, 0.717) is 17.3 Å². The Morgan fingerprint density at radius 2 is 2.18 bits per heavy atom. The summed E-state index contributed by atoms with van der Waals surface area (Å²) < 4.78 is 5.29. The molecule has 0 atom stereocenters. The van der Waals surface area contributed by atoms with Gasteiger partial charge in [0.05, 0.1) is 7.11 Å². The molecule has 0 aliphatic heterocycles. The molecule has 0 aliphatic carbocycles. The van der Waals surface area contributed by atoms with Crippen LogP contribution in [-0.4, -0.2) is 12.1 Å². The van der Waals surface area contributed by atoms with Gasteiger partial charge < -0.3 is 10.5 Å². The molecule has 0 spiro atoms. The van der Waals surface area contributed by atoms with Crippen LogP contribution in [0.1, 0.15) is 5.56 Å². The summed E-state index contributed by atoms with van der Waals surface area (Å²) in [6.45, 7) is 0.437. The number of halogens is 1. The molecular formula is C13H13ClN2O. The Morgan fingerprint density at radius 3 is 2.88 bits per heavy atom. The molecule has 2 rings (SSSR count). The largest absolute Gasteiger partial charge is 0.494 e. The fraction of sp³-hybridized carbons (Fsp3) is 0.154. The lowest BCUT2D eigenvalue weighted by molar-refractivity contribution is 0.415. The van der Waals surface area contributed by atoms with Crippen LogP contribution < -0.4 is 10.5 Å². The molecule has 0 aliphatic rings. The molecule has 3 nitrogen and oxygen atoms in total. The van der Waals surface area contributed by atoms with E-state index in [9.17, 15) is 0 Å². The molecular weight excluding hydrogens is 236 g/mol. The molecule has 0 amide bonds. The van der Waals surface area contributed by atoms with Gasteiger partial charge in [-0.25, -0.2) is 0 Å². The summed E-state index contributed by atoms with van der Waals surface area (Å²) in [7, 11) is 1.62. The summed E-state index contributed by atoms with van der Waals surface area (Å²) in [5.41, 5.74) is 8.39. The number of rotatable bonds is 3. The quantitative estimate of drug-likeness (QED) is 0.909. The lowest BCUT2D eigenvalue weighted by atomic mass is 10.0. The second-order valence-electron chi connectivity index (χ2n) is 3.56. The Morgan fingerprint density at radius 1 is 1.35 bits per heavy atom. The molecule has 0 saturated heterocycles. The fourth-order valence-corrected chi connectivity index (χ4v) is 1.88. The summed E-state index contributed by atoms with van der Waals surface area (Å²) in [6, 6.07) is 9.28. The van der Waals surface area contributed by atoms with Crippen LogP contribution in [0.2, 0.25) is 5.02 Å². The first-order valence-electron chi connectivity index (χ1n) is 5.24. The van der Waals surface area contributed by atoms with Gasteiger partial charge in [-0.15, -0.1) is 0 Å². The van der Waals surface area contributed by atoms with Gasteiger partial charge in [-0.1, -0.05) is 17.7 Å².